The standard InChI is InChI=1S/C11H14N2O4S/c1-8(14)6-11(15)13-9-4-3-5-10(7-9)18(16,17)12-2/h3-5,7,12H,6H2,1-2H3,(H,13,15). The maximum atomic E-state index is 11.5. The van der Waals surface area contributed by atoms with Crippen molar-refractivity contribution in [2.75, 3.05) is 12.4 Å². The van der Waals surface area contributed by atoms with Gasteiger partial charge < -0.3 is 5.32 Å². The van der Waals surface area contributed by atoms with E-state index < -0.39 is 15.9 Å². The lowest BCUT2D eigenvalue weighted by molar-refractivity contribution is -0.124. The molecule has 0 aliphatic carbocycles. The third-order valence-corrected chi connectivity index (χ3v) is 3.52. The number of Topliss-reactive ketones (excluding diaryl/α,β-unsaturated/α-hetero) is 1. The summed E-state index contributed by atoms with van der Waals surface area (Å²) in [5.41, 5.74) is 0.331. The van der Waals surface area contributed by atoms with E-state index in [2.05, 4.69) is 10.0 Å². The van der Waals surface area contributed by atoms with Crippen LogP contribution in [0, 0.1) is 0 Å². The van der Waals surface area contributed by atoms with Crippen LogP contribution in [0.5, 0.6) is 0 Å². The van der Waals surface area contributed by atoms with Gasteiger partial charge in [-0.3, -0.25) is 9.59 Å². The number of sulfonamides is 1. The average molecular weight is 270 g/mol. The average Bonchev–Trinajstić information content (AvgIpc) is 2.28. The minimum Gasteiger partial charge on any atom is -0.326 e. The van der Waals surface area contributed by atoms with E-state index >= 15 is 0 Å². The van der Waals surface area contributed by atoms with E-state index in [-0.39, 0.29) is 17.1 Å². The van der Waals surface area contributed by atoms with Gasteiger partial charge in [-0.1, -0.05) is 6.07 Å². The van der Waals surface area contributed by atoms with Gasteiger partial charge in [0.1, 0.15) is 5.78 Å². The number of nitrogens with one attached hydrogen (secondary N) is 2. The number of hydrogen-bond acceptors (Lipinski definition) is 4. The van der Waals surface area contributed by atoms with Crippen LogP contribution < -0.4 is 10.0 Å². The van der Waals surface area contributed by atoms with Crippen LogP contribution in [0.4, 0.5) is 5.69 Å². The summed E-state index contributed by atoms with van der Waals surface area (Å²) in [6.45, 7) is 1.31. The molecular formula is C11H14N2O4S. The zero-order valence-corrected chi connectivity index (χ0v) is 10.9. The van der Waals surface area contributed by atoms with Gasteiger partial charge in [0.2, 0.25) is 15.9 Å². The second-order valence-electron chi connectivity index (χ2n) is 3.66. The second-order valence-corrected chi connectivity index (χ2v) is 5.55. The van der Waals surface area contributed by atoms with Crippen LogP contribution in [0.15, 0.2) is 29.2 Å². The number of hydrogen-bond donors (Lipinski definition) is 2. The van der Waals surface area contributed by atoms with Crippen molar-refractivity contribution in [2.24, 2.45) is 0 Å². The highest BCUT2D eigenvalue weighted by Crippen LogP contribution is 2.15. The van der Waals surface area contributed by atoms with Crippen molar-refractivity contribution in [1.82, 2.24) is 4.72 Å². The smallest absolute Gasteiger partial charge is 0.240 e. The van der Waals surface area contributed by atoms with E-state index in [1.807, 2.05) is 0 Å². The number of benzene rings is 1. The number of carbonyl (C=O) groups is 2. The molecule has 7 heteroatoms. The van der Waals surface area contributed by atoms with E-state index in [1.54, 1.807) is 6.07 Å². The number of carbonyl (C=O) groups excluding carboxylic acids is 2. The summed E-state index contributed by atoms with van der Waals surface area (Å²) in [6.07, 6.45) is -0.233. The fraction of sp³-hybridized carbons (Fsp3) is 0.273. The van der Waals surface area contributed by atoms with Gasteiger partial charge in [-0.2, -0.15) is 0 Å². The quantitative estimate of drug-likeness (QED) is 0.763. The Kier molecular flexibility index (Phi) is 4.57. The molecule has 2 N–H and O–H groups in total. The first-order chi connectivity index (χ1) is 8.35. The summed E-state index contributed by atoms with van der Waals surface area (Å²) in [5, 5.41) is 2.46. The van der Waals surface area contributed by atoms with Crippen molar-refractivity contribution in [3.63, 3.8) is 0 Å². The van der Waals surface area contributed by atoms with Gasteiger partial charge in [-0.25, -0.2) is 13.1 Å². The Morgan fingerprint density at radius 3 is 2.50 bits per heavy atom. The van der Waals surface area contributed by atoms with E-state index in [0.29, 0.717) is 5.69 Å². The Balaban J connectivity index is 2.90. The summed E-state index contributed by atoms with van der Waals surface area (Å²) in [6, 6.07) is 5.79. The molecule has 6 nitrogen and oxygen atoms in total. The molecule has 1 amide bonds. The molecule has 0 saturated heterocycles. The largest absolute Gasteiger partial charge is 0.326 e. The fourth-order valence-electron chi connectivity index (χ4n) is 1.29. The first kappa shape index (κ1) is 14.3. The highest BCUT2D eigenvalue weighted by Gasteiger charge is 2.12. The van der Waals surface area contributed by atoms with Gasteiger partial charge in [0.15, 0.2) is 0 Å². The van der Waals surface area contributed by atoms with Crippen molar-refractivity contribution in [3.8, 4) is 0 Å². The molecule has 0 saturated carbocycles. The van der Waals surface area contributed by atoms with Crippen LogP contribution in [0.25, 0.3) is 0 Å². The molecule has 1 rings (SSSR count). The maximum absolute atomic E-state index is 11.5. The number of rotatable bonds is 5. The van der Waals surface area contributed by atoms with Crippen molar-refractivity contribution in [1.29, 1.82) is 0 Å². The Bertz CT molecular complexity index is 566. The van der Waals surface area contributed by atoms with E-state index in [0.717, 1.165) is 0 Å². The van der Waals surface area contributed by atoms with Gasteiger partial charge in [0.25, 0.3) is 0 Å². The lowest BCUT2D eigenvalue weighted by atomic mass is 10.2. The molecule has 0 unspecified atom stereocenters. The lowest BCUT2D eigenvalue weighted by Gasteiger charge is -2.07. The molecule has 0 aliphatic rings. The molecule has 0 bridgehead atoms. The monoisotopic (exact) mass is 270 g/mol. The van der Waals surface area contributed by atoms with Crippen molar-refractivity contribution >= 4 is 27.4 Å². The third-order valence-electron chi connectivity index (χ3n) is 2.11. The zero-order valence-electron chi connectivity index (χ0n) is 10.1. The third kappa shape index (κ3) is 3.94. The van der Waals surface area contributed by atoms with Gasteiger partial charge in [-0.05, 0) is 32.2 Å². The Morgan fingerprint density at radius 1 is 1.28 bits per heavy atom. The minimum atomic E-state index is -3.55. The highest BCUT2D eigenvalue weighted by molar-refractivity contribution is 7.89. The van der Waals surface area contributed by atoms with Crippen LogP contribution in [0.2, 0.25) is 0 Å². The van der Waals surface area contributed by atoms with Crippen LogP contribution >= 0.6 is 0 Å². The molecule has 0 atom stereocenters. The van der Waals surface area contributed by atoms with Gasteiger partial charge in [-0.15, -0.1) is 0 Å². The molecule has 98 valence electrons. The SMILES string of the molecule is CNS(=O)(=O)c1cccc(NC(=O)CC(C)=O)c1. The predicted octanol–water partition coefficient (Wildman–Crippen LogP) is 0.512. The molecule has 0 fully saturated rings. The fourth-order valence-corrected chi connectivity index (χ4v) is 2.07. The molecule has 0 aromatic heterocycles. The highest BCUT2D eigenvalue weighted by atomic mass is 32.2. The number of amides is 1. The van der Waals surface area contributed by atoms with E-state index in [9.17, 15) is 18.0 Å². The van der Waals surface area contributed by atoms with Crippen molar-refractivity contribution < 1.29 is 18.0 Å². The summed E-state index contributed by atoms with van der Waals surface area (Å²) < 4.78 is 25.3. The van der Waals surface area contributed by atoms with Gasteiger partial charge >= 0.3 is 0 Å². The van der Waals surface area contributed by atoms with Crippen molar-refractivity contribution in [3.05, 3.63) is 24.3 Å². The minimum absolute atomic E-state index is 0.0469. The normalized spacial score (nSPS) is 11.0. The predicted molar refractivity (Wildman–Crippen MR) is 66.6 cm³/mol. The van der Waals surface area contributed by atoms with Crippen LogP contribution in [-0.2, 0) is 19.6 Å². The molecular weight excluding hydrogens is 256 g/mol. The van der Waals surface area contributed by atoms with Crippen molar-refractivity contribution in [2.45, 2.75) is 18.2 Å². The number of ketones is 1. The molecule has 1 aromatic rings. The van der Waals surface area contributed by atoms with Gasteiger partial charge in [0, 0.05) is 5.69 Å². The molecule has 0 radical (unpaired) electrons. The summed E-state index contributed by atoms with van der Waals surface area (Å²) >= 11 is 0. The van der Waals surface area contributed by atoms with Gasteiger partial charge in [0.05, 0.1) is 11.3 Å². The molecule has 18 heavy (non-hydrogen) atoms. The Morgan fingerprint density at radius 2 is 1.94 bits per heavy atom. The summed E-state index contributed by atoms with van der Waals surface area (Å²) in [4.78, 5) is 22.2. The first-order valence-corrected chi connectivity index (χ1v) is 6.66. The first-order valence-electron chi connectivity index (χ1n) is 5.18. The Labute approximate surface area is 105 Å². The second kappa shape index (κ2) is 5.74. The molecule has 0 aliphatic heterocycles. The van der Waals surface area contributed by atoms with E-state index in [1.165, 1.54) is 32.2 Å². The molecule has 0 heterocycles. The van der Waals surface area contributed by atoms with Crippen LogP contribution in [-0.4, -0.2) is 27.2 Å². The lowest BCUT2D eigenvalue weighted by Crippen LogP contribution is -2.19. The Hall–Kier alpha value is -1.73. The molecule has 1 aromatic carbocycles. The molecule has 0 spiro atoms. The maximum Gasteiger partial charge on any atom is 0.240 e. The topological polar surface area (TPSA) is 92.3 Å². The van der Waals surface area contributed by atoms with Crippen LogP contribution in [0.3, 0.4) is 0 Å². The summed E-state index contributed by atoms with van der Waals surface area (Å²) in [5.74, 6) is -0.729. The van der Waals surface area contributed by atoms with Crippen LogP contribution in [0.1, 0.15) is 13.3 Å². The summed E-state index contributed by atoms with van der Waals surface area (Å²) in [7, 11) is -2.25. The number of anilines is 1. The zero-order chi connectivity index (χ0) is 13.8. The van der Waals surface area contributed by atoms with E-state index in [4.69, 9.17) is 0 Å².